The Morgan fingerprint density at radius 1 is 1.19 bits per heavy atom. The van der Waals surface area contributed by atoms with Crippen molar-refractivity contribution in [2.24, 2.45) is 0 Å². The normalized spacial score (nSPS) is 19.3. The summed E-state index contributed by atoms with van der Waals surface area (Å²) in [7, 11) is 0. The molecule has 3 aromatic heterocycles. The van der Waals surface area contributed by atoms with Crippen LogP contribution >= 0.6 is 11.7 Å². The number of benzene rings is 1. The molecule has 4 heterocycles. The molecule has 1 aliphatic heterocycles. The third kappa shape index (κ3) is 3.61. The number of pyridine rings is 1. The van der Waals surface area contributed by atoms with Gasteiger partial charge in [0.1, 0.15) is 11.0 Å². The van der Waals surface area contributed by atoms with Gasteiger partial charge in [-0.1, -0.05) is 0 Å². The summed E-state index contributed by atoms with van der Waals surface area (Å²) in [4.78, 5) is 19.4. The second-order valence-electron chi connectivity index (χ2n) is 8.11. The van der Waals surface area contributed by atoms with Gasteiger partial charge in [0.05, 0.1) is 34.4 Å². The van der Waals surface area contributed by atoms with E-state index in [1.807, 2.05) is 6.07 Å². The van der Waals surface area contributed by atoms with Crippen molar-refractivity contribution in [2.45, 2.75) is 32.9 Å². The number of carbonyl (C=O) groups excluding carboxylic acids is 1. The van der Waals surface area contributed by atoms with E-state index in [-0.39, 0.29) is 11.6 Å². The largest absolute Gasteiger partial charge is 0.367 e. The zero-order chi connectivity index (χ0) is 21.7. The second-order valence-corrected chi connectivity index (χ2v) is 8.64. The Hall–Kier alpha value is -3.11. The fourth-order valence-electron chi connectivity index (χ4n) is 4.26. The lowest BCUT2D eigenvalue weighted by Crippen LogP contribution is -2.54. The quantitative estimate of drug-likeness (QED) is 0.510. The molecule has 4 aromatic rings. The topological polar surface area (TPSA) is 87.5 Å². The number of anilines is 2. The molecule has 160 valence electrons. The van der Waals surface area contributed by atoms with Crippen molar-refractivity contribution in [3.8, 4) is 0 Å². The lowest BCUT2D eigenvalue weighted by molar-refractivity contribution is 0.102. The first kappa shape index (κ1) is 19.8. The van der Waals surface area contributed by atoms with E-state index >= 15 is 0 Å². The second kappa shape index (κ2) is 7.54. The molecule has 5 rings (SSSR count). The van der Waals surface area contributed by atoms with Crippen LogP contribution in [0.3, 0.4) is 0 Å². The lowest BCUT2D eigenvalue weighted by Gasteiger charge is -2.37. The molecule has 2 N–H and O–H groups in total. The van der Waals surface area contributed by atoms with Crippen LogP contribution in [0.15, 0.2) is 30.6 Å². The number of nitrogens with zero attached hydrogens (tertiary/aromatic N) is 5. The Labute approximate surface area is 182 Å². The standard InChI is InChI=1S/C21H22FN7OS/c1-11-7-28(8-12(2)23-11)17-5-4-15(18-19(17)27-31-26-18)21(30)25-14-6-16(22)20-24-13(3)9-29(20)10-14/h4-6,9-12,23H,7-8H2,1-3H3,(H,25,30)/t11-,12+. The number of fused-ring (bicyclic) bond motifs is 2. The van der Waals surface area contributed by atoms with Crippen LogP contribution in [0, 0.1) is 12.7 Å². The molecule has 8 nitrogen and oxygen atoms in total. The average molecular weight is 440 g/mol. The molecule has 0 spiro atoms. The SMILES string of the molecule is Cc1cn2cc(NC(=O)c3ccc(N4C[C@@H](C)N[C@@H](C)C4)c4nsnc34)cc(F)c2n1. The highest BCUT2D eigenvalue weighted by atomic mass is 32.1. The van der Waals surface area contributed by atoms with Gasteiger partial charge in [0.2, 0.25) is 0 Å². The molecule has 0 unspecified atom stereocenters. The van der Waals surface area contributed by atoms with Crippen molar-refractivity contribution in [1.82, 2.24) is 23.4 Å². The minimum Gasteiger partial charge on any atom is -0.367 e. The minimum absolute atomic E-state index is 0.227. The maximum absolute atomic E-state index is 14.4. The van der Waals surface area contributed by atoms with Gasteiger partial charge >= 0.3 is 0 Å². The Morgan fingerprint density at radius 3 is 2.71 bits per heavy atom. The number of rotatable bonds is 3. The first-order chi connectivity index (χ1) is 14.9. The van der Waals surface area contributed by atoms with Gasteiger partial charge < -0.3 is 19.9 Å². The molecular weight excluding hydrogens is 417 g/mol. The molecule has 0 saturated carbocycles. The van der Waals surface area contributed by atoms with Crippen molar-refractivity contribution in [3.05, 3.63) is 47.7 Å². The molecule has 1 aromatic carbocycles. The summed E-state index contributed by atoms with van der Waals surface area (Å²) in [6, 6.07) is 5.66. The lowest BCUT2D eigenvalue weighted by atomic mass is 10.1. The molecule has 31 heavy (non-hydrogen) atoms. The molecule has 1 fully saturated rings. The summed E-state index contributed by atoms with van der Waals surface area (Å²) in [5.74, 6) is -0.856. The predicted octanol–water partition coefficient (Wildman–Crippen LogP) is 3.23. The molecule has 10 heteroatoms. The highest BCUT2D eigenvalue weighted by molar-refractivity contribution is 7.00. The summed E-state index contributed by atoms with van der Waals surface area (Å²) in [6.45, 7) is 7.80. The highest BCUT2D eigenvalue weighted by Gasteiger charge is 2.25. The van der Waals surface area contributed by atoms with Crippen LogP contribution in [0.5, 0.6) is 0 Å². The van der Waals surface area contributed by atoms with Gasteiger partial charge in [0.25, 0.3) is 5.91 Å². The summed E-state index contributed by atoms with van der Waals surface area (Å²) in [5, 5.41) is 6.30. The molecule has 2 atom stereocenters. The number of carbonyl (C=O) groups is 1. The molecule has 1 saturated heterocycles. The van der Waals surface area contributed by atoms with Gasteiger partial charge in [-0.25, -0.2) is 9.37 Å². The van der Waals surface area contributed by atoms with Crippen LogP contribution in [0.1, 0.15) is 29.9 Å². The van der Waals surface area contributed by atoms with Crippen molar-refractivity contribution < 1.29 is 9.18 Å². The molecule has 0 bridgehead atoms. The van der Waals surface area contributed by atoms with E-state index in [2.05, 4.69) is 43.1 Å². The monoisotopic (exact) mass is 439 g/mol. The van der Waals surface area contributed by atoms with E-state index < -0.39 is 5.82 Å². The highest BCUT2D eigenvalue weighted by Crippen LogP contribution is 2.30. The van der Waals surface area contributed by atoms with E-state index in [1.54, 1.807) is 29.8 Å². The van der Waals surface area contributed by atoms with Crippen LogP contribution in [0.2, 0.25) is 0 Å². The number of nitrogens with one attached hydrogen (secondary N) is 2. The van der Waals surface area contributed by atoms with E-state index in [4.69, 9.17) is 0 Å². The fourth-order valence-corrected chi connectivity index (χ4v) is 4.83. The zero-order valence-electron chi connectivity index (χ0n) is 17.4. The molecule has 0 radical (unpaired) electrons. The number of piperazine rings is 1. The number of aromatic nitrogens is 4. The predicted molar refractivity (Wildman–Crippen MR) is 120 cm³/mol. The van der Waals surface area contributed by atoms with Gasteiger partial charge in [-0.2, -0.15) is 8.75 Å². The van der Waals surface area contributed by atoms with Gasteiger partial charge in [-0.05, 0) is 32.9 Å². The van der Waals surface area contributed by atoms with Crippen LogP contribution in [-0.4, -0.2) is 49.2 Å². The maximum Gasteiger partial charge on any atom is 0.258 e. The first-order valence-corrected chi connectivity index (χ1v) is 10.8. The van der Waals surface area contributed by atoms with Crippen molar-refractivity contribution in [2.75, 3.05) is 23.3 Å². The smallest absolute Gasteiger partial charge is 0.258 e. The van der Waals surface area contributed by atoms with Gasteiger partial charge in [0.15, 0.2) is 11.5 Å². The fraction of sp³-hybridized carbons (Fsp3) is 0.333. The third-order valence-electron chi connectivity index (χ3n) is 5.42. The van der Waals surface area contributed by atoms with Crippen molar-refractivity contribution in [3.63, 3.8) is 0 Å². The number of amides is 1. The maximum atomic E-state index is 14.4. The molecule has 1 amide bonds. The number of imidazole rings is 1. The summed E-state index contributed by atoms with van der Waals surface area (Å²) in [6.07, 6.45) is 3.35. The third-order valence-corrected chi connectivity index (χ3v) is 5.95. The van der Waals surface area contributed by atoms with Crippen LogP contribution in [0.4, 0.5) is 15.8 Å². The Kier molecular flexibility index (Phi) is 4.82. The molecule has 1 aliphatic rings. The number of halogens is 1. The van der Waals surface area contributed by atoms with Crippen LogP contribution in [0.25, 0.3) is 16.7 Å². The zero-order valence-corrected chi connectivity index (χ0v) is 18.2. The molecule has 0 aliphatic carbocycles. The average Bonchev–Trinajstić information content (AvgIpc) is 3.33. The van der Waals surface area contributed by atoms with Gasteiger partial charge in [-0.3, -0.25) is 4.79 Å². The van der Waals surface area contributed by atoms with Crippen molar-refractivity contribution in [1.29, 1.82) is 0 Å². The first-order valence-electron chi connectivity index (χ1n) is 10.1. The van der Waals surface area contributed by atoms with E-state index in [1.165, 1.54) is 6.07 Å². The number of hydrogen-bond acceptors (Lipinski definition) is 7. The Morgan fingerprint density at radius 2 is 1.94 bits per heavy atom. The van der Waals surface area contributed by atoms with E-state index in [9.17, 15) is 9.18 Å². The van der Waals surface area contributed by atoms with Crippen molar-refractivity contribution >= 4 is 45.7 Å². The number of aryl methyl sites for hydroxylation is 1. The van der Waals surface area contributed by atoms with Gasteiger partial charge in [-0.15, -0.1) is 0 Å². The van der Waals surface area contributed by atoms with E-state index in [0.29, 0.717) is 40.1 Å². The molecular formula is C21H22FN7OS. The summed E-state index contributed by atoms with van der Waals surface area (Å²) in [5.41, 5.74) is 3.92. The Balaban J connectivity index is 1.47. The minimum atomic E-state index is -0.497. The van der Waals surface area contributed by atoms with Crippen LogP contribution in [-0.2, 0) is 0 Å². The van der Waals surface area contributed by atoms with Crippen LogP contribution < -0.4 is 15.5 Å². The van der Waals surface area contributed by atoms with Gasteiger partial charge in [0, 0.05) is 43.6 Å². The summed E-state index contributed by atoms with van der Waals surface area (Å²) < 4.78 is 24.8. The Bertz CT molecular complexity index is 1290. The summed E-state index contributed by atoms with van der Waals surface area (Å²) >= 11 is 1.08. The number of hydrogen-bond donors (Lipinski definition) is 2. The van der Waals surface area contributed by atoms with E-state index in [0.717, 1.165) is 30.5 Å².